The Bertz CT molecular complexity index is 529. The summed E-state index contributed by atoms with van der Waals surface area (Å²) in [6.45, 7) is 1.97. The first-order valence-corrected chi connectivity index (χ1v) is 6.68. The number of alkyl halides is 1. The number of halogens is 2. The van der Waals surface area contributed by atoms with Gasteiger partial charge in [0.1, 0.15) is 5.82 Å². The summed E-state index contributed by atoms with van der Waals surface area (Å²) in [6.07, 6.45) is 0.699. The van der Waals surface area contributed by atoms with Gasteiger partial charge < -0.3 is 0 Å². The van der Waals surface area contributed by atoms with Crippen molar-refractivity contribution < 1.29 is 0 Å². The van der Waals surface area contributed by atoms with E-state index in [2.05, 4.69) is 25.9 Å². The van der Waals surface area contributed by atoms with E-state index in [-0.39, 0.29) is 0 Å². The van der Waals surface area contributed by atoms with Gasteiger partial charge in [-0.1, -0.05) is 28.1 Å². The predicted molar refractivity (Wildman–Crippen MR) is 74.3 cm³/mol. The van der Waals surface area contributed by atoms with Gasteiger partial charge in [0.15, 0.2) is 0 Å². The summed E-state index contributed by atoms with van der Waals surface area (Å²) in [6, 6.07) is 10.1. The number of aromatic nitrogens is 2. The highest BCUT2D eigenvalue weighted by Crippen LogP contribution is 2.21. The average molecular weight is 312 g/mol. The van der Waals surface area contributed by atoms with E-state index in [1.165, 1.54) is 0 Å². The largest absolute Gasteiger partial charge is 0.238 e. The molecule has 1 heterocycles. The van der Waals surface area contributed by atoms with E-state index in [4.69, 9.17) is 11.6 Å². The molecule has 0 saturated heterocycles. The second-order valence-electron chi connectivity index (χ2n) is 3.76. The van der Waals surface area contributed by atoms with Gasteiger partial charge in [-0.3, -0.25) is 0 Å². The monoisotopic (exact) mass is 310 g/mol. The molecule has 4 heteroatoms. The van der Waals surface area contributed by atoms with E-state index in [0.717, 1.165) is 27.2 Å². The van der Waals surface area contributed by atoms with Crippen LogP contribution in [0.5, 0.6) is 0 Å². The molecule has 0 aliphatic rings. The summed E-state index contributed by atoms with van der Waals surface area (Å²) >= 11 is 9.19. The normalized spacial score (nSPS) is 10.5. The maximum Gasteiger partial charge on any atom is 0.130 e. The molecule has 0 fully saturated rings. The number of rotatable bonds is 3. The van der Waals surface area contributed by atoms with Crippen LogP contribution in [0.3, 0.4) is 0 Å². The third-order valence-electron chi connectivity index (χ3n) is 2.34. The molecule has 0 spiro atoms. The molecule has 0 radical (unpaired) electrons. The fourth-order valence-electron chi connectivity index (χ4n) is 1.62. The van der Waals surface area contributed by atoms with E-state index in [0.29, 0.717) is 12.3 Å². The fraction of sp³-hybridized carbons (Fsp3) is 0.231. The van der Waals surface area contributed by atoms with E-state index < -0.39 is 0 Å². The van der Waals surface area contributed by atoms with Crippen molar-refractivity contribution in [3.8, 4) is 11.3 Å². The van der Waals surface area contributed by atoms with Gasteiger partial charge in [0.25, 0.3) is 0 Å². The molecular formula is C13H12BrClN2. The Morgan fingerprint density at radius 3 is 2.76 bits per heavy atom. The van der Waals surface area contributed by atoms with Crippen LogP contribution < -0.4 is 0 Å². The molecule has 0 amide bonds. The molecule has 0 atom stereocenters. The molecule has 0 aliphatic heterocycles. The Morgan fingerprint density at radius 1 is 1.24 bits per heavy atom. The van der Waals surface area contributed by atoms with Gasteiger partial charge >= 0.3 is 0 Å². The SMILES string of the molecule is Cc1cc(-c2cccc(Br)c2)nc(CCCl)n1. The van der Waals surface area contributed by atoms with Crippen molar-refractivity contribution in [2.24, 2.45) is 0 Å². The van der Waals surface area contributed by atoms with E-state index >= 15 is 0 Å². The lowest BCUT2D eigenvalue weighted by molar-refractivity contribution is 0.925. The first-order valence-electron chi connectivity index (χ1n) is 5.35. The number of nitrogens with zero attached hydrogens (tertiary/aromatic N) is 2. The lowest BCUT2D eigenvalue weighted by atomic mass is 10.1. The zero-order valence-corrected chi connectivity index (χ0v) is 11.8. The third-order valence-corrected chi connectivity index (χ3v) is 3.02. The molecule has 1 aromatic carbocycles. The summed E-state index contributed by atoms with van der Waals surface area (Å²) in [7, 11) is 0. The number of benzene rings is 1. The van der Waals surface area contributed by atoms with Crippen molar-refractivity contribution in [1.82, 2.24) is 9.97 Å². The smallest absolute Gasteiger partial charge is 0.130 e. The van der Waals surface area contributed by atoms with Crippen LogP contribution >= 0.6 is 27.5 Å². The van der Waals surface area contributed by atoms with Crippen molar-refractivity contribution in [3.63, 3.8) is 0 Å². The fourth-order valence-corrected chi connectivity index (χ4v) is 2.19. The van der Waals surface area contributed by atoms with Crippen LogP contribution in [0.2, 0.25) is 0 Å². The molecule has 0 saturated carbocycles. The van der Waals surface area contributed by atoms with Crippen molar-refractivity contribution in [1.29, 1.82) is 0 Å². The molecule has 88 valence electrons. The quantitative estimate of drug-likeness (QED) is 0.801. The molecule has 2 nitrogen and oxygen atoms in total. The Hall–Kier alpha value is -0.930. The highest BCUT2D eigenvalue weighted by Gasteiger charge is 2.04. The van der Waals surface area contributed by atoms with Crippen molar-refractivity contribution in [2.75, 3.05) is 5.88 Å². The lowest BCUT2D eigenvalue weighted by Gasteiger charge is -2.05. The molecule has 0 N–H and O–H groups in total. The standard InChI is InChI=1S/C13H12BrClN2/c1-9-7-12(17-13(16-9)5-6-15)10-3-2-4-11(14)8-10/h2-4,7-8H,5-6H2,1H3. The minimum absolute atomic E-state index is 0.543. The Morgan fingerprint density at radius 2 is 2.06 bits per heavy atom. The molecular weight excluding hydrogens is 300 g/mol. The summed E-state index contributed by atoms with van der Waals surface area (Å²) in [5.74, 6) is 1.34. The van der Waals surface area contributed by atoms with E-state index in [9.17, 15) is 0 Å². The minimum atomic E-state index is 0.543. The molecule has 17 heavy (non-hydrogen) atoms. The first-order chi connectivity index (χ1) is 8.19. The molecule has 1 aromatic heterocycles. The minimum Gasteiger partial charge on any atom is -0.238 e. The number of aryl methyl sites for hydroxylation is 2. The Labute approximate surface area is 114 Å². The van der Waals surface area contributed by atoms with Crippen LogP contribution in [0, 0.1) is 6.92 Å². The zero-order valence-electron chi connectivity index (χ0n) is 9.45. The van der Waals surface area contributed by atoms with Gasteiger partial charge in [-0.25, -0.2) is 9.97 Å². The molecule has 2 rings (SSSR count). The van der Waals surface area contributed by atoms with Crippen LogP contribution in [0.4, 0.5) is 0 Å². The van der Waals surface area contributed by atoms with Crippen molar-refractivity contribution in [3.05, 3.63) is 46.3 Å². The van der Waals surface area contributed by atoms with Crippen LogP contribution in [0.1, 0.15) is 11.5 Å². The van der Waals surface area contributed by atoms with Crippen LogP contribution in [-0.2, 0) is 6.42 Å². The highest BCUT2D eigenvalue weighted by atomic mass is 79.9. The second kappa shape index (κ2) is 5.61. The van der Waals surface area contributed by atoms with Gasteiger partial charge in [-0.05, 0) is 25.1 Å². The third kappa shape index (κ3) is 3.27. The highest BCUT2D eigenvalue weighted by molar-refractivity contribution is 9.10. The number of hydrogen-bond acceptors (Lipinski definition) is 2. The predicted octanol–water partition coefficient (Wildman–Crippen LogP) is 4.00. The molecule has 0 unspecified atom stereocenters. The van der Waals surface area contributed by atoms with Gasteiger partial charge in [0.2, 0.25) is 0 Å². The molecule has 0 bridgehead atoms. The summed E-state index contributed by atoms with van der Waals surface area (Å²) in [5.41, 5.74) is 3.00. The lowest BCUT2D eigenvalue weighted by Crippen LogP contribution is -1.99. The van der Waals surface area contributed by atoms with Gasteiger partial charge in [0.05, 0.1) is 5.69 Å². The Kier molecular flexibility index (Phi) is 4.13. The zero-order chi connectivity index (χ0) is 12.3. The van der Waals surface area contributed by atoms with Crippen LogP contribution in [0.15, 0.2) is 34.8 Å². The van der Waals surface area contributed by atoms with Gasteiger partial charge in [-0.2, -0.15) is 0 Å². The van der Waals surface area contributed by atoms with Crippen molar-refractivity contribution >= 4 is 27.5 Å². The van der Waals surface area contributed by atoms with E-state index in [1.807, 2.05) is 37.3 Å². The maximum atomic E-state index is 5.72. The number of hydrogen-bond donors (Lipinski definition) is 0. The Balaban J connectivity index is 2.44. The molecule has 0 aliphatic carbocycles. The maximum absolute atomic E-state index is 5.72. The molecule has 2 aromatic rings. The van der Waals surface area contributed by atoms with Crippen LogP contribution in [0.25, 0.3) is 11.3 Å². The average Bonchev–Trinajstić information content (AvgIpc) is 2.28. The van der Waals surface area contributed by atoms with Crippen molar-refractivity contribution in [2.45, 2.75) is 13.3 Å². The topological polar surface area (TPSA) is 25.8 Å². The summed E-state index contributed by atoms with van der Waals surface area (Å²) in [5, 5.41) is 0. The summed E-state index contributed by atoms with van der Waals surface area (Å²) in [4.78, 5) is 8.88. The van der Waals surface area contributed by atoms with E-state index in [1.54, 1.807) is 0 Å². The first kappa shape index (κ1) is 12.5. The second-order valence-corrected chi connectivity index (χ2v) is 5.05. The van der Waals surface area contributed by atoms with Gasteiger partial charge in [-0.15, -0.1) is 11.6 Å². The summed E-state index contributed by atoms with van der Waals surface area (Å²) < 4.78 is 1.05. The van der Waals surface area contributed by atoms with Crippen LogP contribution in [-0.4, -0.2) is 15.8 Å². The van der Waals surface area contributed by atoms with Gasteiger partial charge in [0, 0.05) is 28.0 Å².